The van der Waals surface area contributed by atoms with E-state index in [0.29, 0.717) is 6.42 Å². The lowest BCUT2D eigenvalue weighted by atomic mass is 9.89. The van der Waals surface area contributed by atoms with Crippen LogP contribution in [0.5, 0.6) is 0 Å². The molecule has 0 fully saturated rings. The normalized spacial score (nSPS) is 15.5. The van der Waals surface area contributed by atoms with Gasteiger partial charge in [0.1, 0.15) is 17.2 Å². The number of halogens is 2. The van der Waals surface area contributed by atoms with Gasteiger partial charge in [0, 0.05) is 6.04 Å². The molecule has 20 heavy (non-hydrogen) atoms. The van der Waals surface area contributed by atoms with Crippen LogP contribution in [0.4, 0.5) is 8.78 Å². The highest BCUT2D eigenvalue weighted by molar-refractivity contribution is 5.82. The summed E-state index contributed by atoms with van der Waals surface area (Å²) >= 11 is 0. The van der Waals surface area contributed by atoms with Gasteiger partial charge in [-0.2, -0.15) is 0 Å². The third-order valence-corrected chi connectivity index (χ3v) is 3.29. The molecule has 2 unspecified atom stereocenters. The van der Waals surface area contributed by atoms with Crippen molar-refractivity contribution in [2.24, 2.45) is 0 Å². The van der Waals surface area contributed by atoms with Crippen LogP contribution in [0.15, 0.2) is 18.2 Å². The van der Waals surface area contributed by atoms with Gasteiger partial charge >= 0.3 is 5.97 Å². The monoisotopic (exact) mass is 285 g/mol. The first-order valence-corrected chi connectivity index (χ1v) is 6.76. The van der Waals surface area contributed by atoms with E-state index in [1.165, 1.54) is 13.0 Å². The summed E-state index contributed by atoms with van der Waals surface area (Å²) in [5.41, 5.74) is -1.86. The average molecular weight is 285 g/mol. The Bertz CT molecular complexity index is 459. The lowest BCUT2D eigenvalue weighted by Gasteiger charge is -2.32. The summed E-state index contributed by atoms with van der Waals surface area (Å²) in [5, 5.41) is 2.97. The highest BCUT2D eigenvalue weighted by Crippen LogP contribution is 2.28. The number of hydrogen-bond donors (Lipinski definition) is 1. The maximum Gasteiger partial charge on any atom is 0.330 e. The summed E-state index contributed by atoms with van der Waals surface area (Å²) in [6.45, 7) is 7.00. The van der Waals surface area contributed by atoms with E-state index in [9.17, 15) is 13.6 Å². The van der Waals surface area contributed by atoms with E-state index in [4.69, 9.17) is 4.74 Å². The molecule has 0 aromatic heterocycles. The maximum absolute atomic E-state index is 14.0. The zero-order valence-electron chi connectivity index (χ0n) is 12.3. The van der Waals surface area contributed by atoms with Gasteiger partial charge in [-0.25, -0.2) is 13.6 Å². The molecule has 0 saturated heterocycles. The van der Waals surface area contributed by atoms with Crippen LogP contribution in [0.3, 0.4) is 0 Å². The fraction of sp³-hybridized carbons (Fsp3) is 0.533. The number of hydrogen-bond acceptors (Lipinski definition) is 3. The number of carbonyl (C=O) groups excluding carboxylic acids is 1. The van der Waals surface area contributed by atoms with Crippen molar-refractivity contribution >= 4 is 5.97 Å². The Morgan fingerprint density at radius 3 is 2.35 bits per heavy atom. The molecular weight excluding hydrogens is 264 g/mol. The summed E-state index contributed by atoms with van der Waals surface area (Å²) in [7, 11) is 0. The number of carbonyl (C=O) groups is 1. The Balaban J connectivity index is 3.33. The Morgan fingerprint density at radius 1 is 1.35 bits per heavy atom. The second-order valence-electron chi connectivity index (χ2n) is 4.90. The second-order valence-corrected chi connectivity index (χ2v) is 4.90. The van der Waals surface area contributed by atoms with Gasteiger partial charge in [-0.1, -0.05) is 13.0 Å². The van der Waals surface area contributed by atoms with Crippen molar-refractivity contribution in [2.45, 2.75) is 45.7 Å². The Hall–Kier alpha value is -1.49. The van der Waals surface area contributed by atoms with Crippen LogP contribution in [0.2, 0.25) is 0 Å². The molecule has 3 nitrogen and oxygen atoms in total. The fourth-order valence-corrected chi connectivity index (χ4v) is 2.08. The quantitative estimate of drug-likeness (QED) is 0.816. The number of nitrogens with one attached hydrogen (secondary N) is 1. The number of benzene rings is 1. The molecule has 0 bridgehead atoms. The van der Waals surface area contributed by atoms with Gasteiger partial charge in [-0.05, 0) is 39.3 Å². The first-order chi connectivity index (χ1) is 9.36. The van der Waals surface area contributed by atoms with Crippen molar-refractivity contribution in [3.8, 4) is 0 Å². The molecule has 0 saturated carbocycles. The van der Waals surface area contributed by atoms with Crippen molar-refractivity contribution in [3.63, 3.8) is 0 Å². The Labute approximate surface area is 118 Å². The molecule has 0 spiro atoms. The molecule has 1 aromatic rings. The molecule has 2 atom stereocenters. The van der Waals surface area contributed by atoms with Crippen LogP contribution >= 0.6 is 0 Å². The topological polar surface area (TPSA) is 38.3 Å². The number of ether oxygens (including phenoxy) is 1. The van der Waals surface area contributed by atoms with E-state index in [2.05, 4.69) is 5.32 Å². The van der Waals surface area contributed by atoms with Crippen molar-refractivity contribution in [1.82, 2.24) is 5.32 Å². The minimum absolute atomic E-state index is 0.0941. The fourth-order valence-electron chi connectivity index (χ4n) is 2.08. The van der Waals surface area contributed by atoms with Gasteiger partial charge in [0.15, 0.2) is 0 Å². The minimum atomic E-state index is -1.55. The molecule has 112 valence electrons. The van der Waals surface area contributed by atoms with Gasteiger partial charge in [0.2, 0.25) is 0 Å². The standard InChI is InChI=1S/C15H21F2NO2/c1-5-10(3)18-15(4,14(19)20-6-2)13-11(16)8-7-9-12(13)17/h7-10,18H,5-6H2,1-4H3. The van der Waals surface area contributed by atoms with Crippen molar-refractivity contribution in [2.75, 3.05) is 6.61 Å². The smallest absolute Gasteiger partial charge is 0.330 e. The summed E-state index contributed by atoms with van der Waals surface area (Å²) in [6.07, 6.45) is 0.713. The highest BCUT2D eigenvalue weighted by atomic mass is 19.1. The summed E-state index contributed by atoms with van der Waals surface area (Å²) in [4.78, 5) is 12.2. The van der Waals surface area contributed by atoms with Gasteiger partial charge < -0.3 is 4.74 Å². The molecule has 0 aliphatic rings. The van der Waals surface area contributed by atoms with Gasteiger partial charge in [-0.3, -0.25) is 5.32 Å². The summed E-state index contributed by atoms with van der Waals surface area (Å²) in [5.74, 6) is -2.22. The van der Waals surface area contributed by atoms with E-state index in [1.54, 1.807) is 6.92 Å². The first-order valence-electron chi connectivity index (χ1n) is 6.76. The molecule has 0 amide bonds. The van der Waals surface area contributed by atoms with Crippen LogP contribution in [-0.2, 0) is 15.1 Å². The van der Waals surface area contributed by atoms with Gasteiger partial charge in [0.05, 0.1) is 12.2 Å². The van der Waals surface area contributed by atoms with Crippen LogP contribution in [0.25, 0.3) is 0 Å². The predicted molar refractivity (Wildman–Crippen MR) is 73.2 cm³/mol. The van der Waals surface area contributed by atoms with E-state index >= 15 is 0 Å². The SMILES string of the molecule is CCOC(=O)C(C)(NC(C)CC)c1c(F)cccc1F. The molecule has 1 aromatic carbocycles. The zero-order valence-corrected chi connectivity index (χ0v) is 12.3. The second kappa shape index (κ2) is 6.79. The molecule has 0 heterocycles. The van der Waals surface area contributed by atoms with Crippen LogP contribution in [-0.4, -0.2) is 18.6 Å². The average Bonchev–Trinajstić information content (AvgIpc) is 2.38. The largest absolute Gasteiger partial charge is 0.464 e. The minimum Gasteiger partial charge on any atom is -0.464 e. The molecule has 0 aliphatic heterocycles. The van der Waals surface area contributed by atoms with E-state index < -0.39 is 23.1 Å². The maximum atomic E-state index is 14.0. The molecule has 5 heteroatoms. The van der Waals surface area contributed by atoms with Crippen molar-refractivity contribution in [1.29, 1.82) is 0 Å². The lowest BCUT2D eigenvalue weighted by Crippen LogP contribution is -2.52. The third-order valence-electron chi connectivity index (χ3n) is 3.29. The highest BCUT2D eigenvalue weighted by Gasteiger charge is 2.41. The first kappa shape index (κ1) is 16.6. The predicted octanol–water partition coefficient (Wildman–Crippen LogP) is 3.13. The number of rotatable bonds is 6. The summed E-state index contributed by atoms with van der Waals surface area (Å²) in [6, 6.07) is 3.44. The zero-order chi connectivity index (χ0) is 15.3. The van der Waals surface area contributed by atoms with Crippen molar-refractivity contribution < 1.29 is 18.3 Å². The van der Waals surface area contributed by atoms with E-state index in [0.717, 1.165) is 12.1 Å². The Kier molecular flexibility index (Phi) is 5.62. The Morgan fingerprint density at radius 2 is 1.90 bits per heavy atom. The van der Waals surface area contributed by atoms with Crippen LogP contribution in [0.1, 0.15) is 39.7 Å². The van der Waals surface area contributed by atoms with E-state index in [-0.39, 0.29) is 18.2 Å². The number of esters is 1. The van der Waals surface area contributed by atoms with Gasteiger partial charge in [-0.15, -0.1) is 0 Å². The molecule has 1 N–H and O–H groups in total. The summed E-state index contributed by atoms with van der Waals surface area (Å²) < 4.78 is 33.0. The van der Waals surface area contributed by atoms with E-state index in [1.807, 2.05) is 13.8 Å². The molecule has 0 aliphatic carbocycles. The molecular formula is C15H21F2NO2. The van der Waals surface area contributed by atoms with Crippen LogP contribution in [0, 0.1) is 11.6 Å². The third kappa shape index (κ3) is 3.33. The molecule has 0 radical (unpaired) electrons. The van der Waals surface area contributed by atoms with Crippen LogP contribution < -0.4 is 5.32 Å². The lowest BCUT2D eigenvalue weighted by molar-refractivity contribution is -0.151. The van der Waals surface area contributed by atoms with Crippen molar-refractivity contribution in [3.05, 3.63) is 35.4 Å². The van der Waals surface area contributed by atoms with Gasteiger partial charge in [0.25, 0.3) is 0 Å². The molecule has 1 rings (SSSR count).